The third-order valence-electron chi connectivity index (χ3n) is 3.12. The monoisotopic (exact) mass is 240 g/mol. The Hall–Kier alpha value is -1.76. The summed E-state index contributed by atoms with van der Waals surface area (Å²) in [5.74, 6) is 1.90. The van der Waals surface area contributed by atoms with Crippen LogP contribution in [0.1, 0.15) is 30.9 Å². The van der Waals surface area contributed by atoms with Crippen LogP contribution in [0.3, 0.4) is 0 Å². The molecule has 18 heavy (non-hydrogen) atoms. The molecule has 0 unspecified atom stereocenters. The van der Waals surface area contributed by atoms with Crippen LogP contribution < -0.4 is 4.74 Å². The molecule has 1 nitrogen and oxygen atoms in total. The van der Waals surface area contributed by atoms with Gasteiger partial charge in [-0.25, -0.2) is 0 Å². The average molecular weight is 240 g/mol. The molecule has 0 N–H and O–H groups in total. The van der Waals surface area contributed by atoms with Crippen LogP contribution in [0, 0.1) is 6.92 Å². The largest absolute Gasteiger partial charge is 0.457 e. The van der Waals surface area contributed by atoms with E-state index in [1.54, 1.807) is 0 Å². The zero-order valence-corrected chi connectivity index (χ0v) is 11.1. The summed E-state index contributed by atoms with van der Waals surface area (Å²) in [6, 6.07) is 16.3. The smallest absolute Gasteiger partial charge is 0.130 e. The van der Waals surface area contributed by atoms with Crippen molar-refractivity contribution in [2.24, 2.45) is 0 Å². The molecule has 2 rings (SSSR count). The molecule has 0 saturated heterocycles. The number of benzene rings is 2. The second-order valence-corrected chi connectivity index (χ2v) is 4.57. The quantitative estimate of drug-likeness (QED) is 0.704. The predicted octanol–water partition coefficient (Wildman–Crippen LogP) is 5.13. The van der Waals surface area contributed by atoms with Crippen molar-refractivity contribution >= 4 is 0 Å². The summed E-state index contributed by atoms with van der Waals surface area (Å²) in [4.78, 5) is 0. The lowest BCUT2D eigenvalue weighted by atomic mass is 10.0. The van der Waals surface area contributed by atoms with Gasteiger partial charge in [0.05, 0.1) is 0 Å². The van der Waals surface area contributed by atoms with Gasteiger partial charge in [0.1, 0.15) is 11.5 Å². The Bertz CT molecular complexity index is 488. The van der Waals surface area contributed by atoms with Crippen LogP contribution in [0.5, 0.6) is 11.5 Å². The van der Waals surface area contributed by atoms with Crippen molar-refractivity contribution < 1.29 is 4.74 Å². The Morgan fingerprint density at radius 3 is 2.44 bits per heavy atom. The number of rotatable bonds is 5. The normalized spacial score (nSPS) is 10.3. The molecule has 0 fully saturated rings. The van der Waals surface area contributed by atoms with E-state index >= 15 is 0 Å². The first-order valence-electron chi connectivity index (χ1n) is 6.62. The Balaban J connectivity index is 2.24. The highest BCUT2D eigenvalue weighted by molar-refractivity contribution is 5.42. The number of aryl methyl sites for hydroxylation is 1. The van der Waals surface area contributed by atoms with Gasteiger partial charge in [-0.15, -0.1) is 0 Å². The van der Waals surface area contributed by atoms with Crippen LogP contribution in [0.15, 0.2) is 48.5 Å². The molecule has 94 valence electrons. The molecule has 0 spiro atoms. The van der Waals surface area contributed by atoms with Crippen LogP contribution in [0.2, 0.25) is 0 Å². The van der Waals surface area contributed by atoms with Crippen LogP contribution in [0.4, 0.5) is 0 Å². The van der Waals surface area contributed by atoms with Gasteiger partial charge in [0.15, 0.2) is 0 Å². The second-order valence-electron chi connectivity index (χ2n) is 4.57. The lowest BCUT2D eigenvalue weighted by Gasteiger charge is -2.13. The van der Waals surface area contributed by atoms with E-state index in [1.165, 1.54) is 24.0 Å². The van der Waals surface area contributed by atoms with E-state index in [2.05, 4.69) is 32.0 Å². The van der Waals surface area contributed by atoms with Crippen LogP contribution in [-0.2, 0) is 6.42 Å². The molecule has 0 amide bonds. The first kappa shape index (κ1) is 12.7. The summed E-state index contributed by atoms with van der Waals surface area (Å²) in [5, 5.41) is 0. The highest BCUT2D eigenvalue weighted by Gasteiger charge is 2.07. The highest BCUT2D eigenvalue weighted by atomic mass is 16.5. The summed E-state index contributed by atoms with van der Waals surface area (Å²) < 4.78 is 5.99. The predicted molar refractivity (Wildman–Crippen MR) is 76.3 cm³/mol. The van der Waals surface area contributed by atoms with Crippen LogP contribution >= 0.6 is 0 Å². The van der Waals surface area contributed by atoms with Crippen molar-refractivity contribution in [2.45, 2.75) is 33.1 Å². The molecule has 2 aromatic carbocycles. The minimum atomic E-state index is 0.904. The van der Waals surface area contributed by atoms with Gasteiger partial charge in [-0.05, 0) is 49.1 Å². The summed E-state index contributed by atoms with van der Waals surface area (Å²) >= 11 is 0. The number of unbranched alkanes of at least 4 members (excludes halogenated alkanes) is 1. The van der Waals surface area contributed by atoms with Crippen molar-refractivity contribution in [3.05, 3.63) is 59.7 Å². The van der Waals surface area contributed by atoms with E-state index in [4.69, 9.17) is 4.74 Å². The SMILES string of the molecule is CCCCc1c(C)cccc1Oc1ccccc1. The molecule has 0 heterocycles. The number of hydrogen-bond acceptors (Lipinski definition) is 1. The van der Waals surface area contributed by atoms with Crippen molar-refractivity contribution in [3.63, 3.8) is 0 Å². The number of ether oxygens (including phenoxy) is 1. The first-order chi connectivity index (χ1) is 8.81. The van der Waals surface area contributed by atoms with Crippen molar-refractivity contribution in [3.8, 4) is 11.5 Å². The second kappa shape index (κ2) is 6.25. The molecule has 2 aromatic rings. The Morgan fingerprint density at radius 2 is 1.72 bits per heavy atom. The Labute approximate surface area is 109 Å². The molecule has 0 aromatic heterocycles. The van der Waals surface area contributed by atoms with Crippen molar-refractivity contribution in [1.82, 2.24) is 0 Å². The first-order valence-corrected chi connectivity index (χ1v) is 6.62. The minimum absolute atomic E-state index is 0.904. The van der Waals surface area contributed by atoms with Gasteiger partial charge in [-0.2, -0.15) is 0 Å². The van der Waals surface area contributed by atoms with E-state index in [-0.39, 0.29) is 0 Å². The van der Waals surface area contributed by atoms with Gasteiger partial charge in [0.2, 0.25) is 0 Å². The van der Waals surface area contributed by atoms with Gasteiger partial charge in [-0.3, -0.25) is 0 Å². The summed E-state index contributed by atoms with van der Waals surface area (Å²) in [5.41, 5.74) is 2.65. The molecule has 0 saturated carbocycles. The van der Waals surface area contributed by atoms with Crippen molar-refractivity contribution in [1.29, 1.82) is 0 Å². The van der Waals surface area contributed by atoms with Crippen LogP contribution in [-0.4, -0.2) is 0 Å². The zero-order valence-electron chi connectivity index (χ0n) is 11.1. The van der Waals surface area contributed by atoms with E-state index in [9.17, 15) is 0 Å². The van der Waals surface area contributed by atoms with Crippen LogP contribution in [0.25, 0.3) is 0 Å². The molecule has 0 radical (unpaired) electrons. The number of hydrogen-bond donors (Lipinski definition) is 0. The van der Waals surface area contributed by atoms with Gasteiger partial charge in [-0.1, -0.05) is 43.7 Å². The average Bonchev–Trinajstić information content (AvgIpc) is 2.39. The fraction of sp³-hybridized carbons (Fsp3) is 0.294. The molecular weight excluding hydrogens is 220 g/mol. The molecule has 0 bridgehead atoms. The Morgan fingerprint density at radius 1 is 0.944 bits per heavy atom. The van der Waals surface area contributed by atoms with E-state index in [0.717, 1.165) is 17.9 Å². The summed E-state index contributed by atoms with van der Waals surface area (Å²) in [6.07, 6.45) is 3.50. The topological polar surface area (TPSA) is 9.23 Å². The molecule has 0 aliphatic carbocycles. The maximum Gasteiger partial charge on any atom is 0.130 e. The molecular formula is C17H20O. The van der Waals surface area contributed by atoms with Gasteiger partial charge >= 0.3 is 0 Å². The molecule has 1 heteroatoms. The summed E-state index contributed by atoms with van der Waals surface area (Å²) in [6.45, 7) is 4.37. The Kier molecular flexibility index (Phi) is 4.40. The van der Waals surface area contributed by atoms with Gasteiger partial charge in [0, 0.05) is 0 Å². The molecule has 0 aliphatic heterocycles. The minimum Gasteiger partial charge on any atom is -0.457 e. The lowest BCUT2D eigenvalue weighted by Crippen LogP contribution is -1.95. The van der Waals surface area contributed by atoms with E-state index < -0.39 is 0 Å². The molecule has 0 aliphatic rings. The standard InChI is InChI=1S/C17H20O/c1-3-4-12-16-14(2)9-8-13-17(16)18-15-10-6-5-7-11-15/h5-11,13H,3-4,12H2,1-2H3. The van der Waals surface area contributed by atoms with E-state index in [1.807, 2.05) is 30.3 Å². The van der Waals surface area contributed by atoms with E-state index in [0.29, 0.717) is 0 Å². The van der Waals surface area contributed by atoms with Gasteiger partial charge < -0.3 is 4.74 Å². The summed E-state index contributed by atoms with van der Waals surface area (Å²) in [7, 11) is 0. The third-order valence-corrected chi connectivity index (χ3v) is 3.12. The maximum atomic E-state index is 5.99. The number of para-hydroxylation sites is 1. The van der Waals surface area contributed by atoms with Crippen molar-refractivity contribution in [2.75, 3.05) is 0 Å². The van der Waals surface area contributed by atoms with Gasteiger partial charge in [0.25, 0.3) is 0 Å². The maximum absolute atomic E-state index is 5.99. The molecule has 0 atom stereocenters. The lowest BCUT2D eigenvalue weighted by molar-refractivity contribution is 0.474. The fourth-order valence-corrected chi connectivity index (χ4v) is 2.06. The zero-order chi connectivity index (χ0) is 12.8. The fourth-order valence-electron chi connectivity index (χ4n) is 2.06. The highest BCUT2D eigenvalue weighted by Crippen LogP contribution is 2.28. The third kappa shape index (κ3) is 3.13.